The lowest BCUT2D eigenvalue weighted by Crippen LogP contribution is -2.30. The van der Waals surface area contributed by atoms with Crippen LogP contribution in [0, 0.1) is 12.7 Å². The molecule has 0 fully saturated rings. The van der Waals surface area contributed by atoms with Crippen molar-refractivity contribution in [3.05, 3.63) is 71.2 Å². The van der Waals surface area contributed by atoms with Crippen LogP contribution in [0.5, 0.6) is 0 Å². The van der Waals surface area contributed by atoms with Gasteiger partial charge in [-0.2, -0.15) is 0 Å². The lowest BCUT2D eigenvalue weighted by atomic mass is 10.0. The average Bonchev–Trinajstić information content (AvgIpc) is 3.07. The number of ether oxygens (including phenoxy) is 1. The fraction of sp³-hybridized carbons (Fsp3) is 0.200. The average molecular weight is 354 g/mol. The molecule has 1 heterocycles. The monoisotopic (exact) mass is 354 g/mol. The second-order valence-electron chi connectivity index (χ2n) is 6.08. The maximum absolute atomic E-state index is 13.6. The number of aromatic amines is 1. The van der Waals surface area contributed by atoms with Gasteiger partial charge in [0.05, 0.1) is 19.6 Å². The number of carbonyl (C=O) groups is 2. The first kappa shape index (κ1) is 17.7. The first-order chi connectivity index (χ1) is 12.5. The van der Waals surface area contributed by atoms with Gasteiger partial charge in [-0.3, -0.25) is 9.59 Å². The minimum absolute atomic E-state index is 0.0923. The summed E-state index contributed by atoms with van der Waals surface area (Å²) in [7, 11) is 1.27. The Labute approximate surface area is 150 Å². The Balaban J connectivity index is 1.88. The van der Waals surface area contributed by atoms with Crippen molar-refractivity contribution in [3.8, 4) is 0 Å². The highest BCUT2D eigenvalue weighted by atomic mass is 19.1. The number of hydrogen-bond donors (Lipinski definition) is 2. The molecule has 0 bridgehead atoms. The zero-order valence-corrected chi connectivity index (χ0v) is 14.5. The van der Waals surface area contributed by atoms with Gasteiger partial charge in [0.15, 0.2) is 0 Å². The fourth-order valence-electron chi connectivity index (χ4n) is 2.89. The molecule has 3 aromatic rings. The van der Waals surface area contributed by atoms with Crippen molar-refractivity contribution >= 4 is 22.8 Å². The minimum atomic E-state index is -0.696. The Hall–Kier alpha value is -3.15. The first-order valence-corrected chi connectivity index (χ1v) is 8.19. The molecule has 0 aliphatic carbocycles. The van der Waals surface area contributed by atoms with Gasteiger partial charge in [0, 0.05) is 10.9 Å². The maximum atomic E-state index is 13.6. The van der Waals surface area contributed by atoms with Gasteiger partial charge in [-0.05, 0) is 36.2 Å². The van der Waals surface area contributed by atoms with Crippen LogP contribution in [0.15, 0.2) is 48.5 Å². The molecule has 0 radical (unpaired) electrons. The molecule has 1 aromatic heterocycles. The van der Waals surface area contributed by atoms with Crippen molar-refractivity contribution in [2.45, 2.75) is 19.4 Å². The lowest BCUT2D eigenvalue weighted by Gasteiger charge is -2.18. The summed E-state index contributed by atoms with van der Waals surface area (Å²) < 4.78 is 18.2. The van der Waals surface area contributed by atoms with Gasteiger partial charge in [0.2, 0.25) is 0 Å². The summed E-state index contributed by atoms with van der Waals surface area (Å²) in [5.74, 6) is -1.31. The topological polar surface area (TPSA) is 71.2 Å². The van der Waals surface area contributed by atoms with E-state index < -0.39 is 17.8 Å². The van der Waals surface area contributed by atoms with Crippen molar-refractivity contribution in [1.82, 2.24) is 10.3 Å². The molecule has 134 valence electrons. The zero-order chi connectivity index (χ0) is 18.7. The van der Waals surface area contributed by atoms with Crippen LogP contribution >= 0.6 is 0 Å². The summed E-state index contributed by atoms with van der Waals surface area (Å²) in [6, 6.07) is 12.6. The van der Waals surface area contributed by atoms with Crippen LogP contribution in [0.1, 0.15) is 34.1 Å². The van der Waals surface area contributed by atoms with E-state index in [4.69, 9.17) is 4.74 Å². The van der Waals surface area contributed by atoms with E-state index in [1.165, 1.54) is 25.3 Å². The molecule has 1 atom stereocenters. The van der Waals surface area contributed by atoms with Gasteiger partial charge in [-0.15, -0.1) is 0 Å². The lowest BCUT2D eigenvalue weighted by molar-refractivity contribution is -0.141. The zero-order valence-electron chi connectivity index (χ0n) is 14.5. The second kappa shape index (κ2) is 7.39. The summed E-state index contributed by atoms with van der Waals surface area (Å²) in [6.45, 7) is 1.95. The number of carbonyl (C=O) groups excluding carboxylic acids is 2. The van der Waals surface area contributed by atoms with E-state index in [1.807, 2.05) is 25.1 Å². The predicted octanol–water partition coefficient (Wildman–Crippen LogP) is 3.65. The number of halogens is 1. The van der Waals surface area contributed by atoms with Crippen molar-refractivity contribution in [2.75, 3.05) is 7.11 Å². The Morgan fingerprint density at radius 1 is 1.19 bits per heavy atom. The summed E-state index contributed by atoms with van der Waals surface area (Å²) in [6.07, 6.45) is -0.0923. The van der Waals surface area contributed by atoms with Crippen LogP contribution in [0.2, 0.25) is 0 Å². The fourth-order valence-corrected chi connectivity index (χ4v) is 2.89. The standard InChI is InChI=1S/C20H19FN2O3/c1-12-5-3-7-14-10-17(22-19(12)14)20(25)23-16(11-18(24)26-2)13-6-4-8-15(21)9-13/h3-10,16,22H,11H2,1-2H3,(H,23,25). The predicted molar refractivity (Wildman–Crippen MR) is 96.3 cm³/mol. The van der Waals surface area contributed by atoms with Crippen LogP contribution < -0.4 is 5.32 Å². The van der Waals surface area contributed by atoms with E-state index in [0.717, 1.165) is 16.5 Å². The number of methoxy groups -OCH3 is 1. The Bertz CT molecular complexity index is 965. The second-order valence-corrected chi connectivity index (χ2v) is 6.08. The van der Waals surface area contributed by atoms with Crippen LogP contribution in [-0.4, -0.2) is 24.0 Å². The van der Waals surface area contributed by atoms with E-state index in [0.29, 0.717) is 11.3 Å². The number of H-pyrrole nitrogens is 1. The number of aryl methyl sites for hydroxylation is 1. The van der Waals surface area contributed by atoms with Crippen LogP contribution in [0.25, 0.3) is 10.9 Å². The molecule has 2 N–H and O–H groups in total. The molecule has 2 aromatic carbocycles. The highest BCUT2D eigenvalue weighted by Crippen LogP contribution is 2.22. The normalized spacial score (nSPS) is 12.0. The SMILES string of the molecule is COC(=O)CC(NC(=O)c1cc2cccc(C)c2[nH]1)c1cccc(F)c1. The number of aromatic nitrogens is 1. The smallest absolute Gasteiger partial charge is 0.307 e. The molecular formula is C20H19FN2O3. The largest absolute Gasteiger partial charge is 0.469 e. The van der Waals surface area contributed by atoms with E-state index in [2.05, 4.69) is 10.3 Å². The third kappa shape index (κ3) is 3.74. The molecule has 1 unspecified atom stereocenters. The number of para-hydroxylation sites is 1. The summed E-state index contributed by atoms with van der Waals surface area (Å²) >= 11 is 0. The molecule has 1 amide bonds. The van der Waals surface area contributed by atoms with E-state index in [1.54, 1.807) is 12.1 Å². The van der Waals surface area contributed by atoms with Gasteiger partial charge in [-0.25, -0.2) is 4.39 Å². The number of esters is 1. The van der Waals surface area contributed by atoms with Crippen LogP contribution in [0.3, 0.4) is 0 Å². The molecule has 0 saturated carbocycles. The summed E-state index contributed by atoms with van der Waals surface area (Å²) in [4.78, 5) is 27.5. The Morgan fingerprint density at radius 3 is 2.65 bits per heavy atom. The van der Waals surface area contributed by atoms with Crippen molar-refractivity contribution in [1.29, 1.82) is 0 Å². The first-order valence-electron chi connectivity index (χ1n) is 8.19. The molecule has 0 spiro atoms. The van der Waals surface area contributed by atoms with E-state index >= 15 is 0 Å². The number of fused-ring (bicyclic) bond motifs is 1. The molecule has 0 saturated heterocycles. The van der Waals surface area contributed by atoms with Gasteiger partial charge < -0.3 is 15.0 Å². The molecule has 3 rings (SSSR count). The molecule has 0 aliphatic heterocycles. The summed E-state index contributed by atoms with van der Waals surface area (Å²) in [5, 5.41) is 3.71. The number of amides is 1. The quantitative estimate of drug-likeness (QED) is 0.687. The van der Waals surface area contributed by atoms with Crippen molar-refractivity contribution in [3.63, 3.8) is 0 Å². The van der Waals surface area contributed by atoms with Gasteiger partial charge in [-0.1, -0.05) is 30.3 Å². The molecular weight excluding hydrogens is 335 g/mol. The number of hydrogen-bond acceptors (Lipinski definition) is 3. The molecule has 6 heteroatoms. The number of nitrogens with one attached hydrogen (secondary N) is 2. The van der Waals surface area contributed by atoms with Gasteiger partial charge in [0.1, 0.15) is 11.5 Å². The third-order valence-corrected chi connectivity index (χ3v) is 4.26. The Kier molecular flexibility index (Phi) is 5.02. The molecule has 26 heavy (non-hydrogen) atoms. The highest BCUT2D eigenvalue weighted by molar-refractivity contribution is 5.99. The maximum Gasteiger partial charge on any atom is 0.307 e. The van der Waals surface area contributed by atoms with Crippen LogP contribution in [-0.2, 0) is 9.53 Å². The van der Waals surface area contributed by atoms with E-state index in [-0.39, 0.29) is 12.3 Å². The van der Waals surface area contributed by atoms with Crippen LogP contribution in [0.4, 0.5) is 4.39 Å². The highest BCUT2D eigenvalue weighted by Gasteiger charge is 2.21. The van der Waals surface area contributed by atoms with E-state index in [9.17, 15) is 14.0 Å². The third-order valence-electron chi connectivity index (χ3n) is 4.26. The summed E-state index contributed by atoms with van der Waals surface area (Å²) in [5.41, 5.74) is 2.78. The minimum Gasteiger partial charge on any atom is -0.469 e. The van der Waals surface area contributed by atoms with Gasteiger partial charge >= 0.3 is 5.97 Å². The molecule has 5 nitrogen and oxygen atoms in total. The van der Waals surface area contributed by atoms with Crippen molar-refractivity contribution in [2.24, 2.45) is 0 Å². The Morgan fingerprint density at radius 2 is 1.96 bits per heavy atom. The van der Waals surface area contributed by atoms with Crippen molar-refractivity contribution < 1.29 is 18.7 Å². The van der Waals surface area contributed by atoms with Gasteiger partial charge in [0.25, 0.3) is 5.91 Å². The number of benzene rings is 2. The number of rotatable bonds is 5. The molecule has 0 aliphatic rings.